The van der Waals surface area contributed by atoms with Gasteiger partial charge in [0.2, 0.25) is 0 Å². The van der Waals surface area contributed by atoms with Gasteiger partial charge >= 0.3 is 6.03 Å². The number of fused-ring (bicyclic) bond motifs is 1. The molecular weight excluding hydrogens is 650 g/mol. The second kappa shape index (κ2) is 14.0. The summed E-state index contributed by atoms with van der Waals surface area (Å²) < 4.78 is 9.11. The standard InChI is InChI=1S/C35H34ClN7O4S/c1-35(2,3)30-19-32(43(41-30)24-11-13-28(45)27(36)18-24)38-34(46)37-20-23-7-4-5-10-29(23)48-26-12-14-31-39-40-33(42(31)21-26)22-8-6-9-25(17-22)47-16-15-44/h4-14,17-19,21,44-45H,15-16,20H2,1-3H3,(H2,37,38,46). The number of phenols is 1. The molecule has 0 bridgehead atoms. The number of phenolic OH excluding ortho intramolecular Hbond substituents is 1. The van der Waals surface area contributed by atoms with Crippen molar-refractivity contribution in [2.75, 3.05) is 18.5 Å². The molecular formula is C35H34ClN7O4S. The molecule has 6 aromatic rings. The fraction of sp³-hybridized carbons (Fsp3) is 0.200. The topological polar surface area (TPSA) is 139 Å². The van der Waals surface area contributed by atoms with Gasteiger partial charge in [-0.05, 0) is 54.1 Å². The Morgan fingerprint density at radius 2 is 1.83 bits per heavy atom. The zero-order valence-electron chi connectivity index (χ0n) is 26.5. The lowest BCUT2D eigenvalue weighted by Gasteiger charge is -2.14. The largest absolute Gasteiger partial charge is 0.506 e. The van der Waals surface area contributed by atoms with E-state index in [9.17, 15) is 9.90 Å². The van der Waals surface area contributed by atoms with Crippen LogP contribution in [0.25, 0.3) is 22.7 Å². The molecule has 48 heavy (non-hydrogen) atoms. The van der Waals surface area contributed by atoms with Crippen molar-refractivity contribution in [1.29, 1.82) is 0 Å². The van der Waals surface area contributed by atoms with Crippen LogP contribution < -0.4 is 15.4 Å². The molecule has 0 radical (unpaired) electrons. The number of carbonyl (C=O) groups is 1. The zero-order valence-corrected chi connectivity index (χ0v) is 28.1. The van der Waals surface area contributed by atoms with E-state index in [1.807, 2.05) is 98.1 Å². The van der Waals surface area contributed by atoms with E-state index >= 15 is 0 Å². The lowest BCUT2D eigenvalue weighted by Crippen LogP contribution is -2.29. The van der Waals surface area contributed by atoms with Crippen molar-refractivity contribution < 1.29 is 19.7 Å². The van der Waals surface area contributed by atoms with Gasteiger partial charge in [-0.3, -0.25) is 9.72 Å². The molecule has 0 aliphatic heterocycles. The number of carbonyl (C=O) groups excluding carboxylic acids is 1. The molecule has 3 aromatic heterocycles. The molecule has 246 valence electrons. The minimum absolute atomic E-state index is 0.0374. The van der Waals surface area contributed by atoms with E-state index in [1.54, 1.807) is 28.6 Å². The van der Waals surface area contributed by atoms with E-state index in [4.69, 9.17) is 26.5 Å². The first kappa shape index (κ1) is 32.9. The normalized spacial score (nSPS) is 11.5. The summed E-state index contributed by atoms with van der Waals surface area (Å²) in [5.74, 6) is 1.73. The number of aromatic hydroxyl groups is 1. The summed E-state index contributed by atoms with van der Waals surface area (Å²) in [7, 11) is 0. The number of halogens is 1. The van der Waals surface area contributed by atoms with Gasteiger partial charge in [0.25, 0.3) is 0 Å². The molecule has 0 aliphatic carbocycles. The lowest BCUT2D eigenvalue weighted by atomic mass is 9.92. The first-order valence-corrected chi connectivity index (χ1v) is 16.4. The molecule has 4 N–H and O–H groups in total. The summed E-state index contributed by atoms with van der Waals surface area (Å²) in [6.07, 6.45) is 1.98. The van der Waals surface area contributed by atoms with Gasteiger partial charge in [0.05, 0.1) is 23.0 Å². The van der Waals surface area contributed by atoms with E-state index in [-0.39, 0.29) is 35.9 Å². The smallest absolute Gasteiger partial charge is 0.320 e. The molecule has 3 heterocycles. The SMILES string of the molecule is CC(C)(C)c1cc(NC(=O)NCc2ccccc2Sc2ccc3nnc(-c4cccc(OCCO)c4)n3c2)n(-c2ccc(O)c(Cl)c2)n1. The van der Waals surface area contributed by atoms with Crippen LogP contribution in [0.5, 0.6) is 11.5 Å². The summed E-state index contributed by atoms with van der Waals surface area (Å²) in [5.41, 5.74) is 3.57. The van der Waals surface area contributed by atoms with Gasteiger partial charge in [0, 0.05) is 39.6 Å². The molecule has 0 saturated heterocycles. The number of hydrogen-bond acceptors (Lipinski definition) is 8. The van der Waals surface area contributed by atoms with Crippen molar-refractivity contribution >= 4 is 40.9 Å². The van der Waals surface area contributed by atoms with Gasteiger partial charge < -0.3 is 20.3 Å². The van der Waals surface area contributed by atoms with Crippen molar-refractivity contribution in [2.24, 2.45) is 0 Å². The number of aromatic nitrogens is 5. The number of aliphatic hydroxyl groups is 1. The molecule has 13 heteroatoms. The number of pyridine rings is 1. The maximum absolute atomic E-state index is 13.2. The van der Waals surface area contributed by atoms with Gasteiger partial charge in [-0.1, -0.05) is 74.5 Å². The Balaban J connectivity index is 1.18. The summed E-state index contributed by atoms with van der Waals surface area (Å²) in [6.45, 7) is 6.53. The van der Waals surface area contributed by atoms with Crippen molar-refractivity contribution in [3.8, 4) is 28.6 Å². The summed E-state index contributed by atoms with van der Waals surface area (Å²) >= 11 is 7.74. The van der Waals surface area contributed by atoms with Crippen LogP contribution in [0.1, 0.15) is 32.0 Å². The Bertz CT molecular complexity index is 2090. The van der Waals surface area contributed by atoms with E-state index in [0.717, 1.165) is 26.6 Å². The Hall–Kier alpha value is -5.04. The van der Waals surface area contributed by atoms with Gasteiger partial charge in [-0.2, -0.15) is 5.10 Å². The van der Waals surface area contributed by atoms with Crippen molar-refractivity contribution in [3.05, 3.63) is 107 Å². The fourth-order valence-corrected chi connectivity index (χ4v) is 6.03. The summed E-state index contributed by atoms with van der Waals surface area (Å²) in [4.78, 5) is 15.1. The molecule has 0 spiro atoms. The number of ether oxygens (including phenoxy) is 1. The predicted molar refractivity (Wildman–Crippen MR) is 186 cm³/mol. The van der Waals surface area contributed by atoms with Gasteiger partial charge in [-0.25, -0.2) is 9.48 Å². The third-order valence-corrected chi connectivity index (χ3v) is 8.76. The van der Waals surface area contributed by atoms with E-state index in [0.29, 0.717) is 28.7 Å². The number of nitrogens with zero attached hydrogens (tertiary/aromatic N) is 5. The first-order valence-electron chi connectivity index (χ1n) is 15.2. The number of benzene rings is 3. The summed E-state index contributed by atoms with van der Waals surface area (Å²) in [5, 5.41) is 38.6. The molecule has 0 saturated carbocycles. The van der Waals surface area contributed by atoms with Crippen LogP contribution in [0.4, 0.5) is 10.6 Å². The minimum Gasteiger partial charge on any atom is -0.506 e. The molecule has 0 atom stereocenters. The predicted octanol–water partition coefficient (Wildman–Crippen LogP) is 7.08. The molecule has 6 rings (SSSR count). The number of aliphatic hydroxyl groups excluding tert-OH is 1. The van der Waals surface area contributed by atoms with Gasteiger partial charge in [0.1, 0.15) is 23.9 Å². The Morgan fingerprint density at radius 1 is 1.00 bits per heavy atom. The van der Waals surface area contributed by atoms with Crippen molar-refractivity contribution in [3.63, 3.8) is 0 Å². The third kappa shape index (κ3) is 7.41. The number of rotatable bonds is 10. The molecule has 2 amide bonds. The lowest BCUT2D eigenvalue weighted by molar-refractivity contribution is 0.201. The highest BCUT2D eigenvalue weighted by Gasteiger charge is 2.22. The van der Waals surface area contributed by atoms with Crippen molar-refractivity contribution in [1.82, 2.24) is 29.7 Å². The van der Waals surface area contributed by atoms with Crippen LogP contribution in [-0.2, 0) is 12.0 Å². The van der Waals surface area contributed by atoms with E-state index in [1.165, 1.54) is 6.07 Å². The highest BCUT2D eigenvalue weighted by molar-refractivity contribution is 7.99. The monoisotopic (exact) mass is 683 g/mol. The molecule has 0 fully saturated rings. The zero-order chi connectivity index (χ0) is 33.8. The first-order chi connectivity index (χ1) is 23.1. The quantitative estimate of drug-likeness (QED) is 0.120. The number of anilines is 1. The van der Waals surface area contributed by atoms with Crippen LogP contribution in [0, 0.1) is 0 Å². The Labute approximate surface area is 286 Å². The van der Waals surface area contributed by atoms with Gasteiger partial charge in [-0.15, -0.1) is 10.2 Å². The highest BCUT2D eigenvalue weighted by Crippen LogP contribution is 2.33. The van der Waals surface area contributed by atoms with E-state index in [2.05, 4.69) is 20.8 Å². The number of nitrogens with one attached hydrogen (secondary N) is 2. The Morgan fingerprint density at radius 3 is 2.62 bits per heavy atom. The maximum Gasteiger partial charge on any atom is 0.320 e. The second-order valence-corrected chi connectivity index (χ2v) is 13.5. The number of hydrogen-bond donors (Lipinski definition) is 4. The average molecular weight is 684 g/mol. The van der Waals surface area contributed by atoms with Crippen LogP contribution >= 0.6 is 23.4 Å². The Kier molecular flexibility index (Phi) is 9.58. The highest BCUT2D eigenvalue weighted by atomic mass is 35.5. The number of amides is 2. The van der Waals surface area contributed by atoms with Gasteiger partial charge in [0.15, 0.2) is 11.5 Å². The fourth-order valence-electron chi connectivity index (χ4n) is 4.89. The molecule has 11 nitrogen and oxygen atoms in total. The second-order valence-electron chi connectivity index (χ2n) is 11.9. The maximum atomic E-state index is 13.2. The molecule has 0 unspecified atom stereocenters. The van der Waals surface area contributed by atoms with Crippen LogP contribution in [0.3, 0.4) is 0 Å². The van der Waals surface area contributed by atoms with Crippen LogP contribution in [-0.4, -0.2) is 53.8 Å². The third-order valence-electron chi connectivity index (χ3n) is 7.36. The number of urea groups is 1. The average Bonchev–Trinajstić information content (AvgIpc) is 3.69. The van der Waals surface area contributed by atoms with E-state index < -0.39 is 6.03 Å². The molecule has 0 aliphatic rings. The van der Waals surface area contributed by atoms with Crippen LogP contribution in [0.15, 0.2) is 101 Å². The van der Waals surface area contributed by atoms with Crippen LogP contribution in [0.2, 0.25) is 5.02 Å². The van der Waals surface area contributed by atoms with Crippen molar-refractivity contribution in [2.45, 2.75) is 42.5 Å². The molecule has 3 aromatic carbocycles. The summed E-state index contributed by atoms with van der Waals surface area (Å²) in [6, 6.07) is 25.5. The minimum atomic E-state index is -0.401.